The van der Waals surface area contributed by atoms with Crippen LogP contribution in [0, 0.1) is 0 Å². The molecule has 0 unspecified atom stereocenters. The van der Waals surface area contributed by atoms with E-state index in [0.717, 1.165) is 18.8 Å². The molecule has 4 nitrogen and oxygen atoms in total. The minimum atomic E-state index is 0.0111. The molecular weight excluding hydrogens is 202 g/mol. The van der Waals surface area contributed by atoms with E-state index in [0.29, 0.717) is 12.1 Å². The van der Waals surface area contributed by atoms with Crippen molar-refractivity contribution in [1.82, 2.24) is 9.88 Å². The summed E-state index contributed by atoms with van der Waals surface area (Å²) in [6.07, 6.45) is 2.67. The first-order valence-electron chi connectivity index (χ1n) is 5.64. The van der Waals surface area contributed by atoms with Crippen LogP contribution in [0.2, 0.25) is 0 Å². The molecule has 0 aliphatic carbocycles. The van der Waals surface area contributed by atoms with Crippen LogP contribution in [0.4, 0.5) is 5.82 Å². The average molecular weight is 221 g/mol. The molecule has 4 heteroatoms. The molecule has 1 aromatic heterocycles. The van der Waals surface area contributed by atoms with Crippen molar-refractivity contribution >= 4 is 11.7 Å². The summed E-state index contributed by atoms with van der Waals surface area (Å²) < 4.78 is 0. The van der Waals surface area contributed by atoms with Crippen LogP contribution in [0.25, 0.3) is 0 Å². The van der Waals surface area contributed by atoms with Gasteiger partial charge in [-0.15, -0.1) is 0 Å². The quantitative estimate of drug-likeness (QED) is 0.827. The van der Waals surface area contributed by atoms with Crippen LogP contribution in [-0.4, -0.2) is 35.9 Å². The standard InChI is InChI=1S/C12H19N3O/c1-4-8-13-11-7-6-10(9-14-11)12(16)15(3)5-2/h6-7,9H,4-5,8H2,1-3H3,(H,13,14). The molecule has 0 fully saturated rings. The molecule has 1 N–H and O–H groups in total. The van der Waals surface area contributed by atoms with Crippen LogP contribution < -0.4 is 5.32 Å². The second kappa shape index (κ2) is 6.10. The fourth-order valence-electron chi connectivity index (χ4n) is 1.24. The highest BCUT2D eigenvalue weighted by molar-refractivity contribution is 5.93. The van der Waals surface area contributed by atoms with Crippen molar-refractivity contribution < 1.29 is 4.79 Å². The van der Waals surface area contributed by atoms with Gasteiger partial charge in [-0.05, 0) is 25.5 Å². The molecule has 1 aromatic rings. The number of aromatic nitrogens is 1. The molecule has 1 rings (SSSR count). The number of rotatable bonds is 5. The number of hydrogen-bond donors (Lipinski definition) is 1. The average Bonchev–Trinajstić information content (AvgIpc) is 2.35. The first kappa shape index (κ1) is 12.5. The van der Waals surface area contributed by atoms with E-state index >= 15 is 0 Å². The van der Waals surface area contributed by atoms with Crippen LogP contribution >= 0.6 is 0 Å². The zero-order chi connectivity index (χ0) is 12.0. The highest BCUT2D eigenvalue weighted by Gasteiger charge is 2.09. The van der Waals surface area contributed by atoms with Gasteiger partial charge in [0.1, 0.15) is 5.82 Å². The maximum Gasteiger partial charge on any atom is 0.255 e. The Balaban J connectivity index is 2.67. The van der Waals surface area contributed by atoms with Crippen LogP contribution in [0.1, 0.15) is 30.6 Å². The summed E-state index contributed by atoms with van der Waals surface area (Å²) in [6, 6.07) is 3.64. The number of pyridine rings is 1. The molecule has 0 saturated carbocycles. The van der Waals surface area contributed by atoms with Gasteiger partial charge in [0, 0.05) is 26.3 Å². The molecule has 0 atom stereocenters. The summed E-state index contributed by atoms with van der Waals surface area (Å²) in [5, 5.41) is 3.17. The van der Waals surface area contributed by atoms with E-state index in [1.54, 1.807) is 24.2 Å². The largest absolute Gasteiger partial charge is 0.370 e. The minimum absolute atomic E-state index is 0.0111. The minimum Gasteiger partial charge on any atom is -0.370 e. The fraction of sp³-hybridized carbons (Fsp3) is 0.500. The van der Waals surface area contributed by atoms with Gasteiger partial charge in [-0.3, -0.25) is 4.79 Å². The van der Waals surface area contributed by atoms with Crippen molar-refractivity contribution in [3.05, 3.63) is 23.9 Å². The van der Waals surface area contributed by atoms with E-state index in [9.17, 15) is 4.79 Å². The summed E-state index contributed by atoms with van der Waals surface area (Å²) in [4.78, 5) is 17.6. The van der Waals surface area contributed by atoms with Gasteiger partial charge >= 0.3 is 0 Å². The molecule has 88 valence electrons. The zero-order valence-electron chi connectivity index (χ0n) is 10.2. The van der Waals surface area contributed by atoms with Crippen molar-refractivity contribution in [1.29, 1.82) is 0 Å². The van der Waals surface area contributed by atoms with E-state index in [1.807, 2.05) is 13.0 Å². The Morgan fingerprint density at radius 2 is 2.19 bits per heavy atom. The summed E-state index contributed by atoms with van der Waals surface area (Å²) >= 11 is 0. The van der Waals surface area contributed by atoms with Crippen molar-refractivity contribution in [2.45, 2.75) is 20.3 Å². The lowest BCUT2D eigenvalue weighted by Crippen LogP contribution is -2.26. The molecular formula is C12H19N3O. The Hall–Kier alpha value is -1.58. The third-order valence-corrected chi connectivity index (χ3v) is 2.39. The van der Waals surface area contributed by atoms with Gasteiger partial charge in [0.25, 0.3) is 5.91 Å². The SMILES string of the molecule is CCCNc1ccc(C(=O)N(C)CC)cn1. The Kier molecular flexibility index (Phi) is 4.76. The van der Waals surface area contributed by atoms with Gasteiger partial charge in [-0.1, -0.05) is 6.92 Å². The first-order valence-corrected chi connectivity index (χ1v) is 5.64. The molecule has 1 amide bonds. The van der Waals surface area contributed by atoms with E-state index in [-0.39, 0.29) is 5.91 Å². The Morgan fingerprint density at radius 3 is 2.69 bits per heavy atom. The van der Waals surface area contributed by atoms with Crippen LogP contribution in [0.3, 0.4) is 0 Å². The molecule has 0 radical (unpaired) electrons. The number of carbonyl (C=O) groups excluding carboxylic acids is 1. The summed E-state index contributed by atoms with van der Waals surface area (Å²) in [7, 11) is 1.78. The second-order valence-corrected chi connectivity index (χ2v) is 3.68. The van der Waals surface area contributed by atoms with Crippen LogP contribution in [0.5, 0.6) is 0 Å². The summed E-state index contributed by atoms with van der Waals surface area (Å²) in [5.41, 5.74) is 0.631. The third-order valence-electron chi connectivity index (χ3n) is 2.39. The van der Waals surface area contributed by atoms with E-state index < -0.39 is 0 Å². The number of amides is 1. The topological polar surface area (TPSA) is 45.2 Å². The molecule has 0 aliphatic heterocycles. The van der Waals surface area contributed by atoms with Crippen molar-refractivity contribution in [3.63, 3.8) is 0 Å². The van der Waals surface area contributed by atoms with Crippen molar-refractivity contribution in [2.75, 3.05) is 25.5 Å². The van der Waals surface area contributed by atoms with Gasteiger partial charge in [-0.2, -0.15) is 0 Å². The molecule has 0 saturated heterocycles. The van der Waals surface area contributed by atoms with Crippen molar-refractivity contribution in [2.24, 2.45) is 0 Å². The molecule has 1 heterocycles. The Bertz CT molecular complexity index is 335. The lowest BCUT2D eigenvalue weighted by Gasteiger charge is -2.14. The fourth-order valence-corrected chi connectivity index (χ4v) is 1.24. The van der Waals surface area contributed by atoms with Crippen molar-refractivity contribution in [3.8, 4) is 0 Å². The first-order chi connectivity index (χ1) is 7.69. The zero-order valence-corrected chi connectivity index (χ0v) is 10.2. The maximum atomic E-state index is 11.8. The van der Waals surface area contributed by atoms with E-state index in [2.05, 4.69) is 17.2 Å². The highest BCUT2D eigenvalue weighted by Crippen LogP contribution is 2.07. The number of nitrogens with one attached hydrogen (secondary N) is 1. The molecule has 0 bridgehead atoms. The second-order valence-electron chi connectivity index (χ2n) is 3.68. The highest BCUT2D eigenvalue weighted by atomic mass is 16.2. The van der Waals surface area contributed by atoms with Gasteiger partial charge < -0.3 is 10.2 Å². The summed E-state index contributed by atoms with van der Waals surface area (Å²) in [6.45, 7) is 5.65. The normalized spacial score (nSPS) is 9.94. The van der Waals surface area contributed by atoms with Crippen LogP contribution in [0.15, 0.2) is 18.3 Å². The lowest BCUT2D eigenvalue weighted by molar-refractivity contribution is 0.0802. The van der Waals surface area contributed by atoms with E-state index in [1.165, 1.54) is 0 Å². The van der Waals surface area contributed by atoms with E-state index in [4.69, 9.17) is 0 Å². The third kappa shape index (κ3) is 3.22. The summed E-state index contributed by atoms with van der Waals surface area (Å²) in [5.74, 6) is 0.828. The predicted octanol–water partition coefficient (Wildman–Crippen LogP) is 2.00. The Labute approximate surface area is 96.7 Å². The predicted molar refractivity (Wildman–Crippen MR) is 65.7 cm³/mol. The number of hydrogen-bond acceptors (Lipinski definition) is 3. The van der Waals surface area contributed by atoms with Gasteiger partial charge in [0.05, 0.1) is 5.56 Å². The Morgan fingerprint density at radius 1 is 1.44 bits per heavy atom. The lowest BCUT2D eigenvalue weighted by atomic mass is 10.2. The van der Waals surface area contributed by atoms with Gasteiger partial charge in [0.2, 0.25) is 0 Å². The smallest absolute Gasteiger partial charge is 0.255 e. The van der Waals surface area contributed by atoms with Crippen LogP contribution in [-0.2, 0) is 0 Å². The number of carbonyl (C=O) groups is 1. The van der Waals surface area contributed by atoms with Gasteiger partial charge in [0.15, 0.2) is 0 Å². The number of anilines is 1. The maximum absolute atomic E-state index is 11.8. The monoisotopic (exact) mass is 221 g/mol. The van der Waals surface area contributed by atoms with Gasteiger partial charge in [-0.25, -0.2) is 4.98 Å². The molecule has 16 heavy (non-hydrogen) atoms. The molecule has 0 aromatic carbocycles. The molecule has 0 aliphatic rings. The number of nitrogens with zero attached hydrogens (tertiary/aromatic N) is 2. The molecule has 0 spiro atoms.